The first-order chi connectivity index (χ1) is 9.01. The molecule has 0 aliphatic rings. The number of carbonyl (C=O) groups excluding carboxylic acids is 1. The van der Waals surface area contributed by atoms with E-state index in [1.54, 1.807) is 5.38 Å². The van der Waals surface area contributed by atoms with Crippen LogP contribution in [0.2, 0.25) is 0 Å². The van der Waals surface area contributed by atoms with E-state index < -0.39 is 5.97 Å². The zero-order valence-corrected chi connectivity index (χ0v) is 13.2. The Bertz CT molecular complexity index is 602. The van der Waals surface area contributed by atoms with Gasteiger partial charge in [-0.15, -0.1) is 11.3 Å². The highest BCUT2D eigenvalue weighted by Crippen LogP contribution is 2.31. The lowest BCUT2D eigenvalue weighted by atomic mass is 10.1. The van der Waals surface area contributed by atoms with E-state index in [9.17, 15) is 4.79 Å². The molecule has 0 radical (unpaired) electrons. The second-order valence-electron chi connectivity index (χ2n) is 4.09. The Kier molecular flexibility index (Phi) is 4.21. The van der Waals surface area contributed by atoms with E-state index in [-0.39, 0.29) is 0 Å². The van der Waals surface area contributed by atoms with Gasteiger partial charge >= 0.3 is 5.97 Å². The zero-order valence-electron chi connectivity index (χ0n) is 10.8. The average molecular weight is 341 g/mol. The predicted octanol–water partition coefficient (Wildman–Crippen LogP) is 4.05. The number of nitrogens with one attached hydrogen (secondary N) is 1. The Morgan fingerprint density at radius 2 is 2.16 bits per heavy atom. The van der Waals surface area contributed by atoms with Gasteiger partial charge in [0.1, 0.15) is 0 Å². The molecule has 2 rings (SSSR count). The van der Waals surface area contributed by atoms with Crippen LogP contribution in [0.25, 0.3) is 0 Å². The van der Waals surface area contributed by atoms with E-state index in [0.29, 0.717) is 10.8 Å². The first-order valence-corrected chi connectivity index (χ1v) is 7.26. The molecule has 19 heavy (non-hydrogen) atoms. The molecule has 1 N–H and O–H groups in total. The van der Waals surface area contributed by atoms with Gasteiger partial charge in [-0.25, -0.2) is 9.78 Å². The van der Waals surface area contributed by atoms with Crippen molar-refractivity contribution in [3.05, 3.63) is 38.8 Å². The molecule has 100 valence electrons. The van der Waals surface area contributed by atoms with Gasteiger partial charge in [-0.2, -0.15) is 0 Å². The van der Waals surface area contributed by atoms with E-state index in [2.05, 4.69) is 37.0 Å². The number of carbonyl (C=O) groups is 1. The topological polar surface area (TPSA) is 51.2 Å². The number of esters is 1. The average Bonchev–Trinajstić information content (AvgIpc) is 2.81. The van der Waals surface area contributed by atoms with Gasteiger partial charge in [0.2, 0.25) is 0 Å². The van der Waals surface area contributed by atoms with Crippen molar-refractivity contribution < 1.29 is 9.53 Å². The molecule has 0 unspecified atom stereocenters. The summed E-state index contributed by atoms with van der Waals surface area (Å²) in [6.07, 6.45) is 0. The second-order valence-corrected chi connectivity index (χ2v) is 5.81. The van der Waals surface area contributed by atoms with Gasteiger partial charge in [0.15, 0.2) is 10.8 Å². The Hall–Kier alpha value is -1.40. The summed E-state index contributed by atoms with van der Waals surface area (Å²) >= 11 is 4.89. The number of anilines is 2. The zero-order chi connectivity index (χ0) is 14.0. The van der Waals surface area contributed by atoms with Crippen LogP contribution in [0.1, 0.15) is 21.6 Å². The number of ether oxygens (including phenoxy) is 1. The molecule has 0 saturated heterocycles. The maximum atomic E-state index is 11.3. The number of rotatable bonds is 3. The van der Waals surface area contributed by atoms with Crippen LogP contribution in [-0.2, 0) is 4.74 Å². The van der Waals surface area contributed by atoms with Crippen LogP contribution in [0, 0.1) is 13.8 Å². The lowest BCUT2D eigenvalue weighted by molar-refractivity contribution is 0.0595. The monoisotopic (exact) mass is 340 g/mol. The fourth-order valence-electron chi connectivity index (χ4n) is 1.71. The molecule has 4 nitrogen and oxygen atoms in total. The minimum Gasteiger partial charge on any atom is -0.464 e. The van der Waals surface area contributed by atoms with Crippen molar-refractivity contribution in [3.8, 4) is 0 Å². The molecule has 6 heteroatoms. The van der Waals surface area contributed by atoms with Crippen molar-refractivity contribution in [3.63, 3.8) is 0 Å². The highest BCUT2D eigenvalue weighted by atomic mass is 79.9. The van der Waals surface area contributed by atoms with Crippen LogP contribution >= 0.6 is 27.3 Å². The number of hydrogen-bond acceptors (Lipinski definition) is 5. The normalized spacial score (nSPS) is 10.3. The molecule has 0 amide bonds. The highest BCUT2D eigenvalue weighted by Gasteiger charge is 2.12. The summed E-state index contributed by atoms with van der Waals surface area (Å²) in [7, 11) is 1.34. The maximum Gasteiger partial charge on any atom is 0.357 e. The van der Waals surface area contributed by atoms with E-state index in [0.717, 1.165) is 15.7 Å². The molecule has 0 aliphatic heterocycles. The summed E-state index contributed by atoms with van der Waals surface area (Å²) in [6.45, 7) is 4.06. The van der Waals surface area contributed by atoms with Crippen LogP contribution in [-0.4, -0.2) is 18.1 Å². The van der Waals surface area contributed by atoms with Crippen molar-refractivity contribution in [2.75, 3.05) is 12.4 Å². The number of halogens is 1. The Labute approximate surface area is 124 Å². The molecule has 2 aromatic rings. The number of aromatic nitrogens is 1. The lowest BCUT2D eigenvalue weighted by Crippen LogP contribution is -2.02. The van der Waals surface area contributed by atoms with Crippen molar-refractivity contribution in [2.45, 2.75) is 13.8 Å². The largest absolute Gasteiger partial charge is 0.464 e. The lowest BCUT2D eigenvalue weighted by Gasteiger charge is -2.10. The molecule has 1 aromatic heterocycles. The first-order valence-electron chi connectivity index (χ1n) is 5.59. The molecule has 0 bridgehead atoms. The van der Waals surface area contributed by atoms with Crippen molar-refractivity contribution >= 4 is 44.1 Å². The van der Waals surface area contributed by atoms with Crippen LogP contribution in [0.5, 0.6) is 0 Å². The van der Waals surface area contributed by atoms with Crippen LogP contribution in [0.4, 0.5) is 10.8 Å². The van der Waals surface area contributed by atoms with Crippen molar-refractivity contribution in [2.24, 2.45) is 0 Å². The molecule has 0 saturated carbocycles. The predicted molar refractivity (Wildman–Crippen MR) is 80.4 cm³/mol. The standard InChI is InChI=1S/C13H13BrN2O2S/c1-7-4-8(2)11(9(14)5-7)16-13-15-10(6-19-13)12(17)18-3/h4-6H,1-3H3,(H,15,16). The summed E-state index contributed by atoms with van der Waals surface area (Å²) < 4.78 is 5.60. The van der Waals surface area contributed by atoms with Crippen LogP contribution < -0.4 is 5.32 Å². The fourth-order valence-corrected chi connectivity index (χ4v) is 3.17. The third-order valence-corrected chi connectivity index (χ3v) is 3.95. The van der Waals surface area contributed by atoms with E-state index in [1.165, 1.54) is 24.0 Å². The van der Waals surface area contributed by atoms with Gasteiger partial charge < -0.3 is 10.1 Å². The number of hydrogen-bond donors (Lipinski definition) is 1. The van der Waals surface area contributed by atoms with Gasteiger partial charge in [0.25, 0.3) is 0 Å². The quantitative estimate of drug-likeness (QED) is 0.856. The molecule has 0 spiro atoms. The first kappa shape index (κ1) is 14.0. The summed E-state index contributed by atoms with van der Waals surface area (Å²) in [6, 6.07) is 4.12. The number of benzene rings is 1. The number of nitrogens with zero attached hydrogens (tertiary/aromatic N) is 1. The Morgan fingerprint density at radius 1 is 1.42 bits per heavy atom. The molecular formula is C13H13BrN2O2S. The molecule has 0 fully saturated rings. The minimum absolute atomic E-state index is 0.316. The number of aryl methyl sites for hydroxylation is 2. The molecule has 1 aromatic carbocycles. The summed E-state index contributed by atoms with van der Waals surface area (Å²) in [4.78, 5) is 15.5. The highest BCUT2D eigenvalue weighted by molar-refractivity contribution is 9.10. The fraction of sp³-hybridized carbons (Fsp3) is 0.231. The van der Waals surface area contributed by atoms with E-state index in [1.807, 2.05) is 19.9 Å². The van der Waals surface area contributed by atoms with Gasteiger partial charge in [0, 0.05) is 9.85 Å². The smallest absolute Gasteiger partial charge is 0.357 e. The summed E-state index contributed by atoms with van der Waals surface area (Å²) in [5.74, 6) is -0.427. The Morgan fingerprint density at radius 3 is 2.79 bits per heavy atom. The third-order valence-electron chi connectivity index (χ3n) is 2.56. The van der Waals surface area contributed by atoms with Crippen molar-refractivity contribution in [1.82, 2.24) is 4.98 Å². The second kappa shape index (κ2) is 5.71. The number of methoxy groups -OCH3 is 1. The van der Waals surface area contributed by atoms with Gasteiger partial charge in [-0.3, -0.25) is 0 Å². The number of thiazole rings is 1. The van der Waals surface area contributed by atoms with Crippen molar-refractivity contribution in [1.29, 1.82) is 0 Å². The summed E-state index contributed by atoms with van der Waals surface area (Å²) in [5, 5.41) is 5.55. The molecular weight excluding hydrogens is 328 g/mol. The van der Waals surface area contributed by atoms with E-state index in [4.69, 9.17) is 0 Å². The van der Waals surface area contributed by atoms with Gasteiger partial charge in [-0.1, -0.05) is 6.07 Å². The summed E-state index contributed by atoms with van der Waals surface area (Å²) in [5.41, 5.74) is 3.57. The molecule has 1 heterocycles. The maximum absolute atomic E-state index is 11.3. The molecule has 0 aliphatic carbocycles. The molecule has 0 atom stereocenters. The van der Waals surface area contributed by atoms with Gasteiger partial charge in [-0.05, 0) is 47.0 Å². The SMILES string of the molecule is COC(=O)c1csc(Nc2c(C)cc(C)cc2Br)n1. The van der Waals surface area contributed by atoms with E-state index >= 15 is 0 Å². The van der Waals surface area contributed by atoms with Crippen LogP contribution in [0.15, 0.2) is 22.0 Å². The van der Waals surface area contributed by atoms with Crippen LogP contribution in [0.3, 0.4) is 0 Å². The Balaban J connectivity index is 2.27. The third kappa shape index (κ3) is 3.13. The van der Waals surface area contributed by atoms with Gasteiger partial charge in [0.05, 0.1) is 12.8 Å². The minimum atomic E-state index is -0.427.